The molecule has 3 nitrogen and oxygen atoms in total. The van der Waals surface area contributed by atoms with Crippen LogP contribution in [0.15, 0.2) is 18.3 Å². The van der Waals surface area contributed by atoms with Gasteiger partial charge in [-0.25, -0.2) is 0 Å². The van der Waals surface area contributed by atoms with E-state index in [-0.39, 0.29) is 0 Å². The van der Waals surface area contributed by atoms with Crippen LogP contribution in [0.25, 0.3) is 0 Å². The van der Waals surface area contributed by atoms with Crippen LogP contribution in [0.5, 0.6) is 0 Å². The van der Waals surface area contributed by atoms with E-state index < -0.39 is 0 Å². The third-order valence-electron chi connectivity index (χ3n) is 3.66. The molecule has 2 N–H and O–H groups in total. The lowest BCUT2D eigenvalue weighted by molar-refractivity contribution is 0.152. The topological polar surface area (TPSA) is 45.1 Å². The van der Waals surface area contributed by atoms with Gasteiger partial charge in [0, 0.05) is 25.4 Å². The summed E-state index contributed by atoms with van der Waals surface area (Å²) >= 11 is 0. The molecule has 2 atom stereocenters. The Balaban J connectivity index is 1.86. The Hall–Kier alpha value is -0.930. The predicted molar refractivity (Wildman–Crippen MR) is 68.6 cm³/mol. The Morgan fingerprint density at radius 1 is 1.35 bits per heavy atom. The first-order valence-electron chi connectivity index (χ1n) is 6.55. The summed E-state index contributed by atoms with van der Waals surface area (Å²) < 4.78 is 0. The monoisotopic (exact) mass is 234 g/mol. The van der Waals surface area contributed by atoms with Crippen LogP contribution < -0.4 is 5.32 Å². The lowest BCUT2D eigenvalue weighted by atomic mass is 9.85. The highest BCUT2D eigenvalue weighted by atomic mass is 16.3. The molecule has 1 aromatic heterocycles. The SMILES string of the molecule is Cc1ccc(CNC2CCCCC2CO)nc1. The molecule has 2 rings (SSSR count). The number of aryl methyl sites for hydroxylation is 1. The standard InChI is InChI=1S/C14H22N2O/c1-11-6-7-13(15-8-11)9-16-14-5-3-2-4-12(14)10-17/h6-8,12,14,16-17H,2-5,9-10H2,1H3. The third-order valence-corrected chi connectivity index (χ3v) is 3.66. The third kappa shape index (κ3) is 3.51. The highest BCUT2D eigenvalue weighted by molar-refractivity contribution is 5.12. The minimum atomic E-state index is 0.305. The van der Waals surface area contributed by atoms with Gasteiger partial charge in [0.05, 0.1) is 5.69 Å². The lowest BCUT2D eigenvalue weighted by Crippen LogP contribution is -2.39. The normalized spacial score (nSPS) is 24.8. The van der Waals surface area contributed by atoms with Gasteiger partial charge >= 0.3 is 0 Å². The molecule has 0 amide bonds. The van der Waals surface area contributed by atoms with Crippen LogP contribution in [0.1, 0.15) is 36.9 Å². The Labute approximate surface area is 103 Å². The zero-order valence-electron chi connectivity index (χ0n) is 10.5. The van der Waals surface area contributed by atoms with Gasteiger partial charge < -0.3 is 10.4 Å². The van der Waals surface area contributed by atoms with Gasteiger partial charge in [0.2, 0.25) is 0 Å². The maximum atomic E-state index is 9.34. The maximum Gasteiger partial charge on any atom is 0.0541 e. The Bertz CT molecular complexity index is 337. The molecule has 0 aliphatic heterocycles. The number of hydrogen-bond acceptors (Lipinski definition) is 3. The zero-order chi connectivity index (χ0) is 12.1. The van der Waals surface area contributed by atoms with E-state index >= 15 is 0 Å². The average molecular weight is 234 g/mol. The van der Waals surface area contributed by atoms with Crippen molar-refractivity contribution in [1.29, 1.82) is 0 Å². The molecular weight excluding hydrogens is 212 g/mol. The Morgan fingerprint density at radius 2 is 2.18 bits per heavy atom. The van der Waals surface area contributed by atoms with E-state index in [1.165, 1.54) is 24.8 Å². The van der Waals surface area contributed by atoms with Gasteiger partial charge in [0.25, 0.3) is 0 Å². The van der Waals surface area contributed by atoms with Gasteiger partial charge in [-0.3, -0.25) is 4.98 Å². The van der Waals surface area contributed by atoms with Crippen molar-refractivity contribution in [2.24, 2.45) is 5.92 Å². The molecule has 1 aliphatic carbocycles. The van der Waals surface area contributed by atoms with Crippen molar-refractivity contribution >= 4 is 0 Å². The second kappa shape index (κ2) is 6.12. The van der Waals surface area contributed by atoms with Crippen LogP contribution >= 0.6 is 0 Å². The van der Waals surface area contributed by atoms with E-state index in [9.17, 15) is 5.11 Å². The van der Waals surface area contributed by atoms with Crippen LogP contribution in [0, 0.1) is 12.8 Å². The van der Waals surface area contributed by atoms with Gasteiger partial charge in [-0.2, -0.15) is 0 Å². The second-order valence-corrected chi connectivity index (χ2v) is 5.04. The van der Waals surface area contributed by atoms with E-state index in [1.807, 2.05) is 13.1 Å². The highest BCUT2D eigenvalue weighted by Crippen LogP contribution is 2.24. The minimum Gasteiger partial charge on any atom is -0.396 e. The number of nitrogens with zero attached hydrogens (tertiary/aromatic N) is 1. The summed E-state index contributed by atoms with van der Waals surface area (Å²) in [5, 5.41) is 12.9. The smallest absolute Gasteiger partial charge is 0.0541 e. The van der Waals surface area contributed by atoms with Gasteiger partial charge in [0.15, 0.2) is 0 Å². The summed E-state index contributed by atoms with van der Waals surface area (Å²) in [5.74, 6) is 0.425. The van der Waals surface area contributed by atoms with E-state index in [0.717, 1.165) is 18.7 Å². The second-order valence-electron chi connectivity index (χ2n) is 5.04. The summed E-state index contributed by atoms with van der Waals surface area (Å²) in [6.07, 6.45) is 6.76. The van der Waals surface area contributed by atoms with Crippen molar-refractivity contribution in [1.82, 2.24) is 10.3 Å². The highest BCUT2D eigenvalue weighted by Gasteiger charge is 2.23. The Kier molecular flexibility index (Phi) is 4.51. The zero-order valence-corrected chi connectivity index (χ0v) is 10.5. The van der Waals surface area contributed by atoms with Crippen LogP contribution in [-0.2, 0) is 6.54 Å². The fraction of sp³-hybridized carbons (Fsp3) is 0.643. The molecule has 0 bridgehead atoms. The van der Waals surface area contributed by atoms with Gasteiger partial charge in [-0.05, 0) is 37.3 Å². The summed E-state index contributed by atoms with van der Waals surface area (Å²) in [7, 11) is 0. The molecule has 0 saturated heterocycles. The summed E-state index contributed by atoms with van der Waals surface area (Å²) in [6, 6.07) is 4.62. The molecule has 94 valence electrons. The van der Waals surface area contributed by atoms with Crippen LogP contribution in [0.3, 0.4) is 0 Å². The van der Waals surface area contributed by atoms with Crippen molar-refractivity contribution < 1.29 is 5.11 Å². The van der Waals surface area contributed by atoms with Crippen LogP contribution in [-0.4, -0.2) is 22.7 Å². The van der Waals surface area contributed by atoms with Gasteiger partial charge in [0.1, 0.15) is 0 Å². The van der Waals surface area contributed by atoms with Gasteiger partial charge in [-0.15, -0.1) is 0 Å². The lowest BCUT2D eigenvalue weighted by Gasteiger charge is -2.30. The van der Waals surface area contributed by atoms with Crippen molar-refractivity contribution in [2.45, 2.75) is 45.2 Å². The molecule has 0 spiro atoms. The molecule has 1 aromatic rings. The van der Waals surface area contributed by atoms with Crippen molar-refractivity contribution in [3.63, 3.8) is 0 Å². The summed E-state index contributed by atoms with van der Waals surface area (Å²) in [6.45, 7) is 3.16. The van der Waals surface area contributed by atoms with Crippen molar-refractivity contribution in [3.8, 4) is 0 Å². The van der Waals surface area contributed by atoms with Crippen molar-refractivity contribution in [3.05, 3.63) is 29.6 Å². The fourth-order valence-corrected chi connectivity index (χ4v) is 2.53. The number of aromatic nitrogens is 1. The number of hydrogen-bond donors (Lipinski definition) is 2. The molecule has 1 heterocycles. The predicted octanol–water partition coefficient (Wildman–Crippen LogP) is 2.03. The largest absolute Gasteiger partial charge is 0.396 e. The van der Waals surface area contributed by atoms with Gasteiger partial charge in [-0.1, -0.05) is 18.9 Å². The van der Waals surface area contributed by atoms with E-state index in [0.29, 0.717) is 18.6 Å². The first-order chi connectivity index (χ1) is 8.29. The summed E-state index contributed by atoms with van der Waals surface area (Å²) in [4.78, 5) is 4.39. The number of pyridine rings is 1. The average Bonchev–Trinajstić information content (AvgIpc) is 2.38. The van der Waals surface area contributed by atoms with E-state index in [1.54, 1.807) is 0 Å². The molecule has 1 fully saturated rings. The fourth-order valence-electron chi connectivity index (χ4n) is 2.53. The molecular formula is C14H22N2O. The summed E-state index contributed by atoms with van der Waals surface area (Å²) in [5.41, 5.74) is 2.28. The van der Waals surface area contributed by atoms with Crippen molar-refractivity contribution in [2.75, 3.05) is 6.61 Å². The molecule has 0 radical (unpaired) electrons. The minimum absolute atomic E-state index is 0.305. The van der Waals surface area contributed by atoms with E-state index in [4.69, 9.17) is 0 Å². The quantitative estimate of drug-likeness (QED) is 0.838. The first-order valence-corrected chi connectivity index (χ1v) is 6.55. The number of nitrogens with one attached hydrogen (secondary N) is 1. The molecule has 1 saturated carbocycles. The molecule has 3 heteroatoms. The molecule has 17 heavy (non-hydrogen) atoms. The molecule has 1 aliphatic rings. The number of aliphatic hydroxyl groups is 1. The maximum absolute atomic E-state index is 9.34. The first kappa shape index (κ1) is 12.5. The van der Waals surface area contributed by atoms with E-state index in [2.05, 4.69) is 22.4 Å². The number of rotatable bonds is 4. The van der Waals surface area contributed by atoms with Crippen LogP contribution in [0.4, 0.5) is 0 Å². The Morgan fingerprint density at radius 3 is 2.88 bits per heavy atom. The van der Waals surface area contributed by atoms with Crippen LogP contribution in [0.2, 0.25) is 0 Å². The molecule has 2 unspecified atom stereocenters. The number of aliphatic hydroxyl groups excluding tert-OH is 1. The molecule has 0 aromatic carbocycles.